The van der Waals surface area contributed by atoms with E-state index in [9.17, 15) is 4.79 Å². The summed E-state index contributed by atoms with van der Waals surface area (Å²) >= 11 is 6.04. The van der Waals surface area contributed by atoms with Crippen molar-refractivity contribution >= 4 is 23.3 Å². The lowest BCUT2D eigenvalue weighted by Crippen LogP contribution is -2.53. The highest BCUT2D eigenvalue weighted by atomic mass is 35.5. The summed E-state index contributed by atoms with van der Waals surface area (Å²) in [5.74, 6) is -0.223. The lowest BCUT2D eigenvalue weighted by atomic mass is 9.77. The van der Waals surface area contributed by atoms with Crippen molar-refractivity contribution in [1.82, 2.24) is 10.4 Å². The second-order valence-corrected chi connectivity index (χ2v) is 7.67. The standard InChI is InChI=1S/C20H25ClN2O3/c1-2-25-19(24)15-7-10-17-18(14-5-8-16(21)9-6-14)22-26-20(17,13-15)23-11-3-4-12-23/h5-6,8-9,15,22H,2-4,7,10-13H2,1H3. The van der Waals surface area contributed by atoms with Gasteiger partial charge in [0.2, 0.25) is 0 Å². The summed E-state index contributed by atoms with van der Waals surface area (Å²) < 4.78 is 5.30. The number of fused-ring (bicyclic) bond motifs is 1. The van der Waals surface area contributed by atoms with Gasteiger partial charge in [-0.3, -0.25) is 15.2 Å². The van der Waals surface area contributed by atoms with E-state index < -0.39 is 5.72 Å². The molecule has 1 saturated heterocycles. The predicted octanol–water partition coefficient (Wildman–Crippen LogP) is 3.74. The van der Waals surface area contributed by atoms with E-state index in [0.29, 0.717) is 13.0 Å². The van der Waals surface area contributed by atoms with Crippen LogP contribution in [0.2, 0.25) is 5.02 Å². The lowest BCUT2D eigenvalue weighted by molar-refractivity contribution is -0.172. The summed E-state index contributed by atoms with van der Waals surface area (Å²) in [6, 6.07) is 7.81. The highest BCUT2D eigenvalue weighted by molar-refractivity contribution is 6.30. The molecule has 1 saturated carbocycles. The van der Waals surface area contributed by atoms with Crippen molar-refractivity contribution in [2.45, 2.75) is 44.8 Å². The number of carbonyl (C=O) groups excluding carboxylic acids is 1. The Morgan fingerprint density at radius 2 is 2.08 bits per heavy atom. The first-order chi connectivity index (χ1) is 12.6. The Morgan fingerprint density at radius 3 is 2.77 bits per heavy atom. The molecular weight excluding hydrogens is 352 g/mol. The van der Waals surface area contributed by atoms with Crippen LogP contribution in [0.25, 0.3) is 5.70 Å². The molecule has 1 aromatic rings. The van der Waals surface area contributed by atoms with Crippen molar-refractivity contribution in [3.05, 3.63) is 40.4 Å². The van der Waals surface area contributed by atoms with Crippen LogP contribution in [0.5, 0.6) is 0 Å². The molecule has 140 valence electrons. The van der Waals surface area contributed by atoms with E-state index in [0.717, 1.165) is 42.2 Å². The number of esters is 1. The van der Waals surface area contributed by atoms with Crippen LogP contribution < -0.4 is 5.48 Å². The third-order valence-electron chi connectivity index (χ3n) is 5.73. The number of likely N-dealkylation sites (tertiary alicyclic amines) is 1. The van der Waals surface area contributed by atoms with Crippen LogP contribution in [-0.4, -0.2) is 36.3 Å². The average molecular weight is 377 g/mol. The molecule has 1 N–H and O–H groups in total. The van der Waals surface area contributed by atoms with Crippen LogP contribution in [-0.2, 0) is 14.4 Å². The molecular formula is C20H25ClN2O3. The number of carbonyl (C=O) groups is 1. The molecule has 6 heteroatoms. The largest absolute Gasteiger partial charge is 0.466 e. The Labute approximate surface area is 159 Å². The summed E-state index contributed by atoms with van der Waals surface area (Å²) in [7, 11) is 0. The number of nitrogens with one attached hydrogen (secondary N) is 1. The van der Waals surface area contributed by atoms with Crippen LogP contribution in [0.4, 0.5) is 0 Å². The Hall–Kier alpha value is -1.56. The van der Waals surface area contributed by atoms with E-state index >= 15 is 0 Å². The number of hydrogen-bond acceptors (Lipinski definition) is 5. The van der Waals surface area contributed by atoms with Crippen LogP contribution >= 0.6 is 11.6 Å². The SMILES string of the molecule is CCOC(=O)C1CCC2=C(c3ccc(Cl)cc3)NOC2(N2CCCC2)C1. The van der Waals surface area contributed by atoms with Gasteiger partial charge >= 0.3 is 5.97 Å². The zero-order valence-corrected chi connectivity index (χ0v) is 15.8. The maximum Gasteiger partial charge on any atom is 0.309 e. The van der Waals surface area contributed by atoms with Gasteiger partial charge in [-0.1, -0.05) is 23.7 Å². The lowest BCUT2D eigenvalue weighted by Gasteiger charge is -2.43. The molecule has 0 spiro atoms. The monoisotopic (exact) mass is 376 g/mol. The van der Waals surface area contributed by atoms with Gasteiger partial charge in [-0.25, -0.2) is 4.84 Å². The van der Waals surface area contributed by atoms with E-state index in [4.69, 9.17) is 21.2 Å². The van der Waals surface area contributed by atoms with Gasteiger partial charge in [0.15, 0.2) is 5.72 Å². The van der Waals surface area contributed by atoms with Gasteiger partial charge in [-0.05, 0) is 44.7 Å². The fraction of sp³-hybridized carbons (Fsp3) is 0.550. The number of nitrogens with zero attached hydrogens (tertiary/aromatic N) is 1. The Bertz CT molecular complexity index is 712. The molecule has 2 fully saturated rings. The summed E-state index contributed by atoms with van der Waals surface area (Å²) in [5.41, 5.74) is 5.99. The molecule has 1 aliphatic carbocycles. The maximum absolute atomic E-state index is 12.4. The molecule has 3 aliphatic rings. The molecule has 0 bridgehead atoms. The van der Waals surface area contributed by atoms with Gasteiger partial charge in [0.1, 0.15) is 0 Å². The van der Waals surface area contributed by atoms with Crippen molar-refractivity contribution < 1.29 is 14.4 Å². The zero-order valence-electron chi connectivity index (χ0n) is 15.1. The minimum atomic E-state index is -0.541. The van der Waals surface area contributed by atoms with E-state index in [2.05, 4.69) is 10.4 Å². The molecule has 2 aliphatic heterocycles. The van der Waals surface area contributed by atoms with Crippen LogP contribution in [0.1, 0.15) is 44.6 Å². The molecule has 0 amide bonds. The number of ether oxygens (including phenoxy) is 1. The first kappa shape index (κ1) is 17.8. The second-order valence-electron chi connectivity index (χ2n) is 7.23. The molecule has 2 atom stereocenters. The summed E-state index contributed by atoms with van der Waals surface area (Å²) in [4.78, 5) is 21.0. The number of benzene rings is 1. The topological polar surface area (TPSA) is 50.8 Å². The van der Waals surface area contributed by atoms with Crippen molar-refractivity contribution in [2.75, 3.05) is 19.7 Å². The van der Waals surface area contributed by atoms with Crippen molar-refractivity contribution in [3.8, 4) is 0 Å². The molecule has 26 heavy (non-hydrogen) atoms. The molecule has 1 aromatic carbocycles. The highest BCUT2D eigenvalue weighted by Gasteiger charge is 2.53. The molecule has 0 radical (unpaired) electrons. The van der Waals surface area contributed by atoms with Gasteiger partial charge in [-0.2, -0.15) is 0 Å². The second kappa shape index (κ2) is 7.22. The molecule has 4 rings (SSSR count). The van der Waals surface area contributed by atoms with Gasteiger partial charge in [0.25, 0.3) is 0 Å². The number of rotatable bonds is 4. The first-order valence-corrected chi connectivity index (χ1v) is 9.87. The first-order valence-electron chi connectivity index (χ1n) is 9.49. The minimum absolute atomic E-state index is 0.103. The molecule has 0 aromatic heterocycles. The van der Waals surface area contributed by atoms with Crippen LogP contribution in [0, 0.1) is 5.92 Å². The predicted molar refractivity (Wildman–Crippen MR) is 100 cm³/mol. The Balaban J connectivity index is 1.70. The van der Waals surface area contributed by atoms with Crippen molar-refractivity contribution in [2.24, 2.45) is 5.92 Å². The van der Waals surface area contributed by atoms with E-state index in [1.165, 1.54) is 18.4 Å². The number of hydrogen-bond donors (Lipinski definition) is 1. The molecule has 5 nitrogen and oxygen atoms in total. The summed E-state index contributed by atoms with van der Waals surface area (Å²) in [6.07, 6.45) is 4.60. The average Bonchev–Trinajstić information content (AvgIpc) is 3.31. The quantitative estimate of drug-likeness (QED) is 0.811. The van der Waals surface area contributed by atoms with Crippen LogP contribution in [0.15, 0.2) is 29.8 Å². The fourth-order valence-corrected chi connectivity index (χ4v) is 4.59. The van der Waals surface area contributed by atoms with Gasteiger partial charge < -0.3 is 4.74 Å². The summed E-state index contributed by atoms with van der Waals surface area (Å²) in [6.45, 7) is 4.27. The Morgan fingerprint density at radius 1 is 1.35 bits per heavy atom. The highest BCUT2D eigenvalue weighted by Crippen LogP contribution is 2.49. The summed E-state index contributed by atoms with van der Waals surface area (Å²) in [5, 5.41) is 0.718. The smallest absolute Gasteiger partial charge is 0.309 e. The van der Waals surface area contributed by atoms with Gasteiger partial charge in [-0.15, -0.1) is 0 Å². The number of halogens is 1. The normalized spacial score (nSPS) is 28.8. The van der Waals surface area contributed by atoms with E-state index in [1.807, 2.05) is 31.2 Å². The molecule has 2 unspecified atom stereocenters. The van der Waals surface area contributed by atoms with Crippen LogP contribution in [0.3, 0.4) is 0 Å². The maximum atomic E-state index is 12.4. The fourth-order valence-electron chi connectivity index (χ4n) is 4.47. The van der Waals surface area contributed by atoms with Crippen molar-refractivity contribution in [3.63, 3.8) is 0 Å². The third-order valence-corrected chi connectivity index (χ3v) is 5.98. The molecule has 2 heterocycles. The van der Waals surface area contributed by atoms with E-state index in [-0.39, 0.29) is 11.9 Å². The number of hydroxylamine groups is 1. The zero-order chi connectivity index (χ0) is 18.1. The Kier molecular flexibility index (Phi) is 4.95. The van der Waals surface area contributed by atoms with Gasteiger partial charge in [0, 0.05) is 35.7 Å². The van der Waals surface area contributed by atoms with Gasteiger partial charge in [0.05, 0.1) is 18.2 Å². The van der Waals surface area contributed by atoms with Crippen molar-refractivity contribution in [1.29, 1.82) is 0 Å². The minimum Gasteiger partial charge on any atom is -0.466 e. The van der Waals surface area contributed by atoms with E-state index in [1.54, 1.807) is 0 Å². The third kappa shape index (κ3) is 3.02.